The van der Waals surface area contributed by atoms with Gasteiger partial charge in [-0.05, 0) is 30.9 Å². The number of nitrogens with zero attached hydrogens (tertiary/aromatic N) is 3. The quantitative estimate of drug-likeness (QED) is 0.678. The van der Waals surface area contributed by atoms with Crippen molar-refractivity contribution >= 4 is 40.4 Å². The van der Waals surface area contributed by atoms with Gasteiger partial charge in [-0.25, -0.2) is 9.37 Å². The number of hydrogen-bond acceptors (Lipinski definition) is 4. The lowest BCUT2D eigenvalue weighted by molar-refractivity contribution is 0.631. The van der Waals surface area contributed by atoms with Crippen molar-refractivity contribution in [2.45, 2.75) is 12.8 Å². The average molecular weight is 366 g/mol. The predicted molar refractivity (Wildman–Crippen MR) is 94.0 cm³/mol. The van der Waals surface area contributed by atoms with Gasteiger partial charge in [-0.1, -0.05) is 29.3 Å². The monoisotopic (exact) mass is 365 g/mol. The maximum atomic E-state index is 14.5. The molecule has 0 spiro atoms. The smallest absolute Gasteiger partial charge is 0.182 e. The summed E-state index contributed by atoms with van der Waals surface area (Å²) in [6.45, 7) is 0.744. The van der Waals surface area contributed by atoms with E-state index in [9.17, 15) is 4.39 Å². The van der Waals surface area contributed by atoms with Crippen LogP contribution >= 0.6 is 23.2 Å². The molecular weight excluding hydrogens is 352 g/mol. The zero-order valence-corrected chi connectivity index (χ0v) is 14.1. The van der Waals surface area contributed by atoms with E-state index in [1.54, 1.807) is 16.6 Å². The van der Waals surface area contributed by atoms with Crippen LogP contribution in [0.4, 0.5) is 15.9 Å². The molecule has 1 aromatic carbocycles. The highest BCUT2D eigenvalue weighted by atomic mass is 35.5. The molecule has 0 aliphatic heterocycles. The Bertz CT molecular complexity index is 916. The Kier molecular flexibility index (Phi) is 3.73. The Labute approximate surface area is 147 Å². The number of fused-ring (bicyclic) bond motifs is 1. The highest BCUT2D eigenvalue weighted by Crippen LogP contribution is 2.41. The van der Waals surface area contributed by atoms with Gasteiger partial charge in [0.1, 0.15) is 16.8 Å². The standard InChI is InChI=1S/C16H14Cl2FN5/c17-9-2-1-3-10(19)12(9)13-14(18)23-15-11(20)7-22-24(15)16(13)21-6-8-4-5-8/h1-3,7-8,21H,4-6,20H2. The number of nitrogens with two attached hydrogens (primary N) is 1. The molecule has 0 saturated heterocycles. The molecule has 2 heterocycles. The zero-order chi connectivity index (χ0) is 16.8. The highest BCUT2D eigenvalue weighted by Gasteiger charge is 2.26. The molecule has 1 aliphatic rings. The van der Waals surface area contributed by atoms with Crippen molar-refractivity contribution in [1.29, 1.82) is 0 Å². The second kappa shape index (κ2) is 5.79. The van der Waals surface area contributed by atoms with Crippen molar-refractivity contribution in [1.82, 2.24) is 14.6 Å². The lowest BCUT2D eigenvalue weighted by atomic mass is 10.1. The SMILES string of the molecule is Nc1cnn2c(NCC3CC3)c(-c3c(F)cccc3Cl)c(Cl)nc12. The molecule has 0 amide bonds. The summed E-state index contributed by atoms with van der Waals surface area (Å²) in [7, 11) is 0. The van der Waals surface area contributed by atoms with Crippen LogP contribution < -0.4 is 11.1 Å². The second-order valence-electron chi connectivity index (χ2n) is 5.88. The van der Waals surface area contributed by atoms with E-state index in [0.717, 1.165) is 6.54 Å². The first-order chi connectivity index (χ1) is 11.6. The minimum atomic E-state index is -0.472. The molecule has 3 aromatic rings. The van der Waals surface area contributed by atoms with Gasteiger partial charge < -0.3 is 11.1 Å². The number of rotatable bonds is 4. The summed E-state index contributed by atoms with van der Waals surface area (Å²) < 4.78 is 16.0. The normalized spacial score (nSPS) is 14.3. The van der Waals surface area contributed by atoms with Gasteiger partial charge in [0.2, 0.25) is 0 Å². The predicted octanol–water partition coefficient (Wildman–Crippen LogP) is 4.25. The summed E-state index contributed by atoms with van der Waals surface area (Å²) in [4.78, 5) is 4.27. The van der Waals surface area contributed by atoms with Crippen LogP contribution in [0.2, 0.25) is 10.2 Å². The number of nitrogens with one attached hydrogen (secondary N) is 1. The Balaban J connectivity index is 1.98. The Morgan fingerprint density at radius 2 is 2.08 bits per heavy atom. The van der Waals surface area contributed by atoms with Crippen LogP contribution in [0.5, 0.6) is 0 Å². The van der Waals surface area contributed by atoms with Gasteiger partial charge >= 0.3 is 0 Å². The number of anilines is 2. The van der Waals surface area contributed by atoms with Crippen LogP contribution in [0.3, 0.4) is 0 Å². The van der Waals surface area contributed by atoms with Crippen LogP contribution in [0.15, 0.2) is 24.4 Å². The fourth-order valence-electron chi connectivity index (χ4n) is 2.67. The Morgan fingerprint density at radius 3 is 2.79 bits per heavy atom. The van der Waals surface area contributed by atoms with Crippen LogP contribution in [0.25, 0.3) is 16.8 Å². The minimum Gasteiger partial charge on any atom is -0.394 e. The molecule has 24 heavy (non-hydrogen) atoms. The fraction of sp³-hybridized carbons (Fsp3) is 0.250. The lowest BCUT2D eigenvalue weighted by Gasteiger charge is -2.16. The van der Waals surface area contributed by atoms with E-state index in [0.29, 0.717) is 28.6 Å². The van der Waals surface area contributed by atoms with Crippen molar-refractivity contribution < 1.29 is 4.39 Å². The van der Waals surface area contributed by atoms with Crippen molar-refractivity contribution in [2.75, 3.05) is 17.6 Å². The molecule has 1 saturated carbocycles. The number of aromatic nitrogens is 3. The second-order valence-corrected chi connectivity index (χ2v) is 6.65. The van der Waals surface area contributed by atoms with Crippen LogP contribution in [0, 0.1) is 11.7 Å². The fourth-order valence-corrected chi connectivity index (χ4v) is 3.19. The van der Waals surface area contributed by atoms with Crippen LogP contribution in [-0.4, -0.2) is 21.1 Å². The Hall–Kier alpha value is -2.05. The first-order valence-corrected chi connectivity index (χ1v) is 8.33. The number of halogens is 3. The van der Waals surface area contributed by atoms with E-state index >= 15 is 0 Å². The summed E-state index contributed by atoms with van der Waals surface area (Å²) in [5.74, 6) is 0.671. The molecule has 1 fully saturated rings. The molecule has 4 rings (SSSR count). The van der Waals surface area contributed by atoms with Gasteiger partial charge in [-0.2, -0.15) is 9.61 Å². The molecule has 3 N–H and O–H groups in total. The topological polar surface area (TPSA) is 68.2 Å². The molecule has 0 radical (unpaired) electrons. The third-order valence-corrected chi connectivity index (χ3v) is 4.69. The summed E-state index contributed by atoms with van der Waals surface area (Å²) >= 11 is 12.6. The molecule has 1 aliphatic carbocycles. The van der Waals surface area contributed by atoms with Gasteiger partial charge in [-0.15, -0.1) is 0 Å². The molecule has 0 unspecified atom stereocenters. The lowest BCUT2D eigenvalue weighted by Crippen LogP contribution is -2.11. The molecule has 8 heteroatoms. The largest absolute Gasteiger partial charge is 0.394 e. The van der Waals surface area contributed by atoms with Crippen molar-refractivity contribution in [3.8, 4) is 11.1 Å². The van der Waals surface area contributed by atoms with Crippen LogP contribution in [-0.2, 0) is 0 Å². The molecule has 5 nitrogen and oxygen atoms in total. The summed E-state index contributed by atoms with van der Waals surface area (Å²) in [6, 6.07) is 4.50. The van der Waals surface area contributed by atoms with E-state index in [-0.39, 0.29) is 15.7 Å². The van der Waals surface area contributed by atoms with E-state index < -0.39 is 5.82 Å². The summed E-state index contributed by atoms with van der Waals surface area (Å²) in [6.07, 6.45) is 3.84. The van der Waals surface area contributed by atoms with E-state index in [1.165, 1.54) is 25.1 Å². The number of benzene rings is 1. The van der Waals surface area contributed by atoms with Gasteiger partial charge in [0.05, 0.1) is 22.5 Å². The maximum Gasteiger partial charge on any atom is 0.182 e. The molecule has 0 atom stereocenters. The van der Waals surface area contributed by atoms with Crippen molar-refractivity contribution in [3.05, 3.63) is 40.4 Å². The van der Waals surface area contributed by atoms with E-state index in [1.807, 2.05) is 0 Å². The van der Waals surface area contributed by atoms with Crippen LogP contribution in [0.1, 0.15) is 12.8 Å². The third kappa shape index (κ3) is 2.56. The summed E-state index contributed by atoms with van der Waals surface area (Å²) in [5, 5.41) is 7.95. The Morgan fingerprint density at radius 1 is 1.29 bits per heavy atom. The van der Waals surface area contributed by atoms with Crippen molar-refractivity contribution in [3.63, 3.8) is 0 Å². The molecule has 0 bridgehead atoms. The molecule has 124 valence electrons. The molecular formula is C16H14Cl2FN5. The zero-order valence-electron chi connectivity index (χ0n) is 12.6. The third-order valence-electron chi connectivity index (χ3n) is 4.10. The summed E-state index contributed by atoms with van der Waals surface area (Å²) in [5.41, 5.74) is 7.31. The van der Waals surface area contributed by atoms with E-state index in [2.05, 4.69) is 15.4 Å². The van der Waals surface area contributed by atoms with Gasteiger partial charge in [0.25, 0.3) is 0 Å². The highest BCUT2D eigenvalue weighted by molar-refractivity contribution is 6.36. The van der Waals surface area contributed by atoms with E-state index in [4.69, 9.17) is 28.9 Å². The average Bonchev–Trinajstić information content (AvgIpc) is 3.30. The van der Waals surface area contributed by atoms with Gasteiger partial charge in [-0.3, -0.25) is 0 Å². The maximum absolute atomic E-state index is 14.5. The van der Waals surface area contributed by atoms with Gasteiger partial charge in [0.15, 0.2) is 5.65 Å². The number of hydrogen-bond donors (Lipinski definition) is 2. The first kappa shape index (κ1) is 15.5. The molecule has 2 aromatic heterocycles. The first-order valence-electron chi connectivity index (χ1n) is 7.57. The number of nitrogen functional groups attached to an aromatic ring is 1. The minimum absolute atomic E-state index is 0.125. The van der Waals surface area contributed by atoms with Crippen molar-refractivity contribution in [2.24, 2.45) is 5.92 Å². The van der Waals surface area contributed by atoms with Gasteiger partial charge in [0, 0.05) is 12.1 Å².